The van der Waals surface area contributed by atoms with E-state index in [1.54, 1.807) is 24.0 Å². The maximum Gasteiger partial charge on any atom is 0.291 e. The molecule has 2 amide bonds. The fourth-order valence-corrected chi connectivity index (χ4v) is 5.49. The minimum atomic E-state index is -0.200. The van der Waals surface area contributed by atoms with Crippen LogP contribution in [-0.4, -0.2) is 39.4 Å². The van der Waals surface area contributed by atoms with Gasteiger partial charge in [-0.3, -0.25) is 9.59 Å². The fraction of sp³-hybridized carbons (Fsp3) is 0.379. The zero-order valence-electron chi connectivity index (χ0n) is 22.5. The number of nitrogens with zero attached hydrogens (tertiary/aromatic N) is 3. The highest BCUT2D eigenvalue weighted by Crippen LogP contribution is 2.38. The molecule has 4 N–H and O–H groups in total. The number of nitrogens with one attached hydrogen (secondary N) is 2. The largest absolute Gasteiger partial charge is 0.350 e. The van der Waals surface area contributed by atoms with Crippen LogP contribution in [-0.2, 0) is 19.9 Å². The third-order valence-electron chi connectivity index (χ3n) is 6.81. The van der Waals surface area contributed by atoms with Gasteiger partial charge in [-0.1, -0.05) is 39.0 Å². The molecule has 3 heterocycles. The van der Waals surface area contributed by atoms with E-state index in [1.165, 1.54) is 29.0 Å². The number of nitrogens with two attached hydrogens (primary N) is 1. The smallest absolute Gasteiger partial charge is 0.291 e. The Morgan fingerprint density at radius 1 is 1.16 bits per heavy atom. The molecule has 1 aliphatic carbocycles. The van der Waals surface area contributed by atoms with Crippen molar-refractivity contribution in [3.63, 3.8) is 0 Å². The minimum absolute atomic E-state index is 0.0519. The lowest BCUT2D eigenvalue weighted by atomic mass is 9.71. The Morgan fingerprint density at radius 2 is 1.92 bits per heavy atom. The standard InChI is InChI=1S/C18H25N3OS.C11H11N3O/c1-18(2,3)13-4-5-14-11(9-13)8-12-10-15(23-17(12)21-14)16(22)20-7-6-19;1-14-8-7-12-10(14)11(15)13-9-5-3-2-4-6-9/h8,10,13H,4-7,9,19H2,1-3H3,(H,20,22);2-8H,1H3,(H,13,15). The van der Waals surface area contributed by atoms with Gasteiger partial charge in [0.25, 0.3) is 11.8 Å². The zero-order chi connectivity index (χ0) is 27.3. The highest BCUT2D eigenvalue weighted by atomic mass is 32.1. The lowest BCUT2D eigenvalue weighted by Gasteiger charge is -2.34. The molecule has 0 fully saturated rings. The number of aromatic nitrogens is 3. The van der Waals surface area contributed by atoms with E-state index in [0.717, 1.165) is 33.6 Å². The van der Waals surface area contributed by atoms with E-state index < -0.39 is 0 Å². The van der Waals surface area contributed by atoms with Gasteiger partial charge in [0.2, 0.25) is 0 Å². The van der Waals surface area contributed by atoms with E-state index >= 15 is 0 Å². The van der Waals surface area contributed by atoms with Crippen molar-refractivity contribution in [2.24, 2.45) is 24.1 Å². The van der Waals surface area contributed by atoms with Crippen molar-refractivity contribution < 1.29 is 9.59 Å². The molecule has 0 radical (unpaired) electrons. The first kappa shape index (κ1) is 27.5. The molecule has 3 aromatic heterocycles. The molecule has 1 aromatic carbocycles. The predicted octanol–water partition coefficient (Wildman–Crippen LogP) is 4.81. The normalized spacial score (nSPS) is 14.8. The van der Waals surface area contributed by atoms with Crippen LogP contribution in [0.3, 0.4) is 0 Å². The molecular weight excluding hydrogens is 496 g/mol. The molecule has 200 valence electrons. The molecule has 38 heavy (non-hydrogen) atoms. The van der Waals surface area contributed by atoms with E-state index in [4.69, 9.17) is 10.7 Å². The molecule has 0 aliphatic heterocycles. The Hall–Kier alpha value is -3.56. The molecule has 5 rings (SSSR count). The SMILES string of the molecule is CC(C)(C)C1CCc2nc3sc(C(=O)NCCN)cc3cc2C1.Cn1ccnc1C(=O)Nc1ccccc1. The number of carbonyl (C=O) groups excluding carboxylic acids is 2. The Kier molecular flexibility index (Phi) is 8.58. The van der Waals surface area contributed by atoms with Gasteiger partial charge in [-0.15, -0.1) is 11.3 Å². The van der Waals surface area contributed by atoms with Gasteiger partial charge in [-0.25, -0.2) is 9.97 Å². The summed E-state index contributed by atoms with van der Waals surface area (Å²) < 4.78 is 1.68. The number of para-hydroxylation sites is 1. The van der Waals surface area contributed by atoms with Gasteiger partial charge < -0.3 is 20.9 Å². The number of pyridine rings is 1. The number of fused-ring (bicyclic) bond motifs is 2. The summed E-state index contributed by atoms with van der Waals surface area (Å²) in [6, 6.07) is 13.5. The van der Waals surface area contributed by atoms with Crippen LogP contribution in [0.5, 0.6) is 0 Å². The maximum atomic E-state index is 12.1. The number of benzene rings is 1. The van der Waals surface area contributed by atoms with Crippen molar-refractivity contribution in [2.45, 2.75) is 40.0 Å². The maximum absolute atomic E-state index is 12.1. The summed E-state index contributed by atoms with van der Waals surface area (Å²) in [6.07, 6.45) is 6.66. The van der Waals surface area contributed by atoms with Crippen molar-refractivity contribution in [1.82, 2.24) is 19.9 Å². The Labute approximate surface area is 227 Å². The number of hydrogen-bond donors (Lipinski definition) is 3. The summed E-state index contributed by atoms with van der Waals surface area (Å²) in [5.41, 5.74) is 9.11. The molecule has 8 nitrogen and oxygen atoms in total. The second kappa shape index (κ2) is 11.9. The summed E-state index contributed by atoms with van der Waals surface area (Å²) in [5.74, 6) is 0.844. The van der Waals surface area contributed by atoms with Crippen molar-refractivity contribution in [2.75, 3.05) is 18.4 Å². The number of amides is 2. The molecule has 0 bridgehead atoms. The first-order valence-corrected chi connectivity index (χ1v) is 13.7. The van der Waals surface area contributed by atoms with Gasteiger partial charge in [0, 0.05) is 49.3 Å². The summed E-state index contributed by atoms with van der Waals surface area (Å²) in [5, 5.41) is 6.67. The van der Waals surface area contributed by atoms with Crippen LogP contribution in [0.1, 0.15) is 58.7 Å². The van der Waals surface area contributed by atoms with E-state index in [0.29, 0.717) is 30.2 Å². The quantitative estimate of drug-likeness (QED) is 0.341. The summed E-state index contributed by atoms with van der Waals surface area (Å²) >= 11 is 1.47. The van der Waals surface area contributed by atoms with Gasteiger partial charge >= 0.3 is 0 Å². The Bertz CT molecular complexity index is 1400. The van der Waals surface area contributed by atoms with Crippen LogP contribution in [0, 0.1) is 11.3 Å². The van der Waals surface area contributed by atoms with E-state index in [2.05, 4.69) is 42.5 Å². The number of anilines is 1. The summed E-state index contributed by atoms with van der Waals surface area (Å²) in [7, 11) is 1.78. The lowest BCUT2D eigenvalue weighted by molar-refractivity contribution is 0.0957. The number of aryl methyl sites for hydroxylation is 2. The predicted molar refractivity (Wildman–Crippen MR) is 154 cm³/mol. The van der Waals surface area contributed by atoms with E-state index in [-0.39, 0.29) is 11.8 Å². The van der Waals surface area contributed by atoms with Crippen molar-refractivity contribution in [3.8, 4) is 0 Å². The molecular formula is C29H36N6O2S. The van der Waals surface area contributed by atoms with E-state index in [9.17, 15) is 9.59 Å². The first-order valence-electron chi connectivity index (χ1n) is 12.9. The second-order valence-electron chi connectivity index (χ2n) is 10.6. The first-order chi connectivity index (χ1) is 18.2. The number of imidazole rings is 1. The van der Waals surface area contributed by atoms with Crippen LogP contribution in [0.15, 0.2) is 54.9 Å². The van der Waals surface area contributed by atoms with Crippen LogP contribution in [0.4, 0.5) is 5.69 Å². The van der Waals surface area contributed by atoms with Gasteiger partial charge in [0.05, 0.1) is 4.88 Å². The number of rotatable bonds is 5. The third kappa shape index (κ3) is 6.65. The van der Waals surface area contributed by atoms with Crippen molar-refractivity contribution in [3.05, 3.63) is 76.8 Å². The Morgan fingerprint density at radius 3 is 2.58 bits per heavy atom. The van der Waals surface area contributed by atoms with Gasteiger partial charge in [0.1, 0.15) is 4.83 Å². The summed E-state index contributed by atoms with van der Waals surface area (Å²) in [4.78, 5) is 34.3. The highest BCUT2D eigenvalue weighted by molar-refractivity contribution is 7.20. The molecule has 1 aliphatic rings. The molecule has 1 atom stereocenters. The lowest BCUT2D eigenvalue weighted by Crippen LogP contribution is -2.28. The third-order valence-corrected chi connectivity index (χ3v) is 7.85. The van der Waals surface area contributed by atoms with E-state index in [1.807, 2.05) is 36.4 Å². The van der Waals surface area contributed by atoms with Crippen molar-refractivity contribution in [1.29, 1.82) is 0 Å². The van der Waals surface area contributed by atoms with Gasteiger partial charge in [0.15, 0.2) is 5.82 Å². The molecule has 0 spiro atoms. The number of thiophene rings is 1. The Balaban J connectivity index is 0.000000194. The average Bonchev–Trinajstić information content (AvgIpc) is 3.51. The second-order valence-corrected chi connectivity index (χ2v) is 11.7. The van der Waals surface area contributed by atoms with Crippen LogP contribution in [0.25, 0.3) is 10.2 Å². The number of hydrogen-bond acceptors (Lipinski definition) is 6. The van der Waals surface area contributed by atoms with Gasteiger partial charge in [-0.2, -0.15) is 0 Å². The van der Waals surface area contributed by atoms with Crippen LogP contribution in [0.2, 0.25) is 0 Å². The molecule has 1 unspecified atom stereocenters. The molecule has 4 aromatic rings. The minimum Gasteiger partial charge on any atom is -0.350 e. The zero-order valence-corrected chi connectivity index (χ0v) is 23.3. The van der Waals surface area contributed by atoms with Crippen molar-refractivity contribution >= 4 is 39.1 Å². The number of carbonyl (C=O) groups is 2. The van der Waals surface area contributed by atoms with Gasteiger partial charge in [-0.05, 0) is 60.4 Å². The highest BCUT2D eigenvalue weighted by Gasteiger charge is 2.29. The monoisotopic (exact) mass is 532 g/mol. The molecule has 0 saturated carbocycles. The topological polar surface area (TPSA) is 115 Å². The summed E-state index contributed by atoms with van der Waals surface area (Å²) in [6.45, 7) is 7.92. The molecule has 9 heteroatoms. The average molecular weight is 533 g/mol. The van der Waals surface area contributed by atoms with Crippen LogP contribution < -0.4 is 16.4 Å². The fourth-order valence-electron chi connectivity index (χ4n) is 4.54. The van der Waals surface area contributed by atoms with Crippen LogP contribution >= 0.6 is 11.3 Å². The molecule has 0 saturated heterocycles.